The maximum absolute atomic E-state index is 13.0. The average Bonchev–Trinajstić information content (AvgIpc) is 2.83. The highest BCUT2D eigenvalue weighted by atomic mass is 79.9. The van der Waals surface area contributed by atoms with Crippen LogP contribution in [0.25, 0.3) is 10.9 Å². The van der Waals surface area contributed by atoms with Crippen LogP contribution in [0.3, 0.4) is 0 Å². The van der Waals surface area contributed by atoms with E-state index < -0.39 is 5.82 Å². The average molecular weight is 314 g/mol. The van der Waals surface area contributed by atoms with Gasteiger partial charge in [-0.05, 0) is 25.1 Å². The highest BCUT2D eigenvalue weighted by Gasteiger charge is 2.18. The molecule has 0 aromatic carbocycles. The molecule has 2 aromatic rings. The van der Waals surface area contributed by atoms with Gasteiger partial charge in [-0.2, -0.15) is 0 Å². The molecule has 2 N–H and O–H groups in total. The largest absolute Gasteiger partial charge is 0.325 e. The summed E-state index contributed by atoms with van der Waals surface area (Å²) in [6, 6.07) is 3.06. The fraction of sp³-hybridized carbons (Fsp3) is 0.333. The second kappa shape index (κ2) is 5.16. The van der Waals surface area contributed by atoms with E-state index in [1.54, 1.807) is 0 Å². The minimum atomic E-state index is -0.488. The van der Waals surface area contributed by atoms with Gasteiger partial charge in [0.05, 0.1) is 17.1 Å². The molecule has 6 heteroatoms. The minimum Gasteiger partial charge on any atom is -0.325 e. The van der Waals surface area contributed by atoms with Crippen LogP contribution in [0.15, 0.2) is 23.1 Å². The zero-order valence-electron chi connectivity index (χ0n) is 9.57. The van der Waals surface area contributed by atoms with E-state index in [-0.39, 0.29) is 22.5 Å². The van der Waals surface area contributed by atoms with Crippen molar-refractivity contribution in [3.05, 3.63) is 40.2 Å². The number of rotatable bonds is 1. The maximum Gasteiger partial charge on any atom is 0.257 e. The van der Waals surface area contributed by atoms with Gasteiger partial charge in [0.15, 0.2) is 0 Å². The Morgan fingerprint density at radius 1 is 1.39 bits per heavy atom. The first-order chi connectivity index (χ1) is 8.24. The Kier molecular flexibility index (Phi) is 3.77. The highest BCUT2D eigenvalue weighted by Crippen LogP contribution is 2.21. The van der Waals surface area contributed by atoms with Crippen LogP contribution in [0.4, 0.5) is 4.39 Å². The summed E-state index contributed by atoms with van der Waals surface area (Å²) in [7, 11) is 0. The Morgan fingerprint density at radius 3 is 2.94 bits per heavy atom. The summed E-state index contributed by atoms with van der Waals surface area (Å²) in [4.78, 5) is 18.6. The van der Waals surface area contributed by atoms with E-state index in [1.807, 2.05) is 6.07 Å². The summed E-state index contributed by atoms with van der Waals surface area (Å²) in [6.07, 6.45) is 2.14. The number of halogens is 2. The van der Waals surface area contributed by atoms with Crippen molar-refractivity contribution < 1.29 is 4.39 Å². The smallest absolute Gasteiger partial charge is 0.257 e. The maximum atomic E-state index is 13.0. The summed E-state index contributed by atoms with van der Waals surface area (Å²) in [5.74, 6) is -0.169. The summed E-state index contributed by atoms with van der Waals surface area (Å²) < 4.78 is 13.0. The summed E-state index contributed by atoms with van der Waals surface area (Å²) in [6.45, 7) is 1.82. The topological polar surface area (TPSA) is 57.8 Å². The first-order valence-electron chi connectivity index (χ1n) is 5.63. The molecular weight excluding hydrogens is 301 g/mol. The van der Waals surface area contributed by atoms with Gasteiger partial charge in [0.25, 0.3) is 5.56 Å². The van der Waals surface area contributed by atoms with Crippen LogP contribution in [-0.4, -0.2) is 23.1 Å². The lowest BCUT2D eigenvalue weighted by Gasteiger charge is -2.09. The molecule has 1 aliphatic rings. The van der Waals surface area contributed by atoms with Crippen LogP contribution in [-0.2, 0) is 0 Å². The molecule has 96 valence electrons. The summed E-state index contributed by atoms with van der Waals surface area (Å²) in [5.41, 5.74) is 1.17. The van der Waals surface area contributed by atoms with Gasteiger partial charge in [-0.1, -0.05) is 0 Å². The van der Waals surface area contributed by atoms with Gasteiger partial charge in [0, 0.05) is 18.2 Å². The third kappa shape index (κ3) is 2.30. The van der Waals surface area contributed by atoms with E-state index in [0.717, 1.165) is 31.4 Å². The quantitative estimate of drug-likeness (QED) is 0.843. The van der Waals surface area contributed by atoms with Gasteiger partial charge in [0.2, 0.25) is 0 Å². The molecule has 2 aromatic heterocycles. The molecule has 1 fully saturated rings. The second-order valence-electron chi connectivity index (χ2n) is 4.33. The summed E-state index contributed by atoms with van der Waals surface area (Å²) in [5, 5.41) is 3.55. The zero-order chi connectivity index (χ0) is 11.8. The van der Waals surface area contributed by atoms with Crippen molar-refractivity contribution in [3.8, 4) is 0 Å². The van der Waals surface area contributed by atoms with Crippen molar-refractivity contribution >= 4 is 27.9 Å². The lowest BCUT2D eigenvalue weighted by Crippen LogP contribution is -2.15. The molecule has 1 aliphatic heterocycles. The van der Waals surface area contributed by atoms with Crippen LogP contribution >= 0.6 is 17.0 Å². The molecule has 0 saturated carbocycles. The number of hydrogen-bond acceptors (Lipinski definition) is 3. The molecule has 0 radical (unpaired) electrons. The Bertz CT molecular complexity index is 622. The lowest BCUT2D eigenvalue weighted by molar-refractivity contribution is 0.624. The molecule has 18 heavy (non-hydrogen) atoms. The Labute approximate surface area is 113 Å². The van der Waals surface area contributed by atoms with Gasteiger partial charge in [-0.15, -0.1) is 17.0 Å². The van der Waals surface area contributed by atoms with Crippen molar-refractivity contribution in [3.63, 3.8) is 0 Å². The molecular formula is C12H13BrFN3O. The van der Waals surface area contributed by atoms with Crippen LogP contribution in [0.1, 0.15) is 18.0 Å². The van der Waals surface area contributed by atoms with Gasteiger partial charge in [-0.25, -0.2) is 4.39 Å². The highest BCUT2D eigenvalue weighted by molar-refractivity contribution is 8.93. The number of nitrogens with one attached hydrogen (secondary N) is 2. The third-order valence-corrected chi connectivity index (χ3v) is 3.18. The van der Waals surface area contributed by atoms with Gasteiger partial charge < -0.3 is 10.3 Å². The van der Waals surface area contributed by atoms with E-state index in [4.69, 9.17) is 0 Å². The molecule has 0 amide bonds. The van der Waals surface area contributed by atoms with Gasteiger partial charge >= 0.3 is 0 Å². The third-order valence-electron chi connectivity index (χ3n) is 3.18. The normalized spacial score (nSPS) is 18.8. The molecule has 3 rings (SSSR count). The van der Waals surface area contributed by atoms with Crippen molar-refractivity contribution in [2.75, 3.05) is 13.1 Å². The van der Waals surface area contributed by atoms with Crippen LogP contribution < -0.4 is 10.9 Å². The molecule has 1 unspecified atom stereocenters. The molecule has 0 bridgehead atoms. The fourth-order valence-corrected chi connectivity index (χ4v) is 2.27. The molecule has 1 atom stereocenters. The van der Waals surface area contributed by atoms with E-state index in [1.165, 1.54) is 6.07 Å². The first-order valence-corrected chi connectivity index (χ1v) is 5.63. The monoisotopic (exact) mass is 313 g/mol. The van der Waals surface area contributed by atoms with Crippen molar-refractivity contribution in [2.45, 2.75) is 12.3 Å². The van der Waals surface area contributed by atoms with E-state index in [2.05, 4.69) is 15.3 Å². The SMILES string of the molecule is Br.O=c1[nH]c(C2CCNC2)cc2ncc(F)cc12. The Balaban J connectivity index is 0.00000120. The molecule has 3 heterocycles. The van der Waals surface area contributed by atoms with Crippen molar-refractivity contribution in [1.29, 1.82) is 0 Å². The fourth-order valence-electron chi connectivity index (χ4n) is 2.27. The summed E-state index contributed by atoms with van der Waals surface area (Å²) >= 11 is 0. The van der Waals surface area contributed by atoms with Crippen molar-refractivity contribution in [2.24, 2.45) is 0 Å². The standard InChI is InChI=1S/C12H12FN3O.BrH/c13-8-3-9-11(15-6-8)4-10(16-12(9)17)7-1-2-14-5-7;/h3-4,6-7,14H,1-2,5H2,(H,16,17);1H. The minimum absolute atomic E-state index is 0. The van der Waals surface area contributed by atoms with E-state index in [0.29, 0.717) is 16.8 Å². The van der Waals surface area contributed by atoms with Crippen LogP contribution in [0, 0.1) is 5.82 Å². The molecule has 0 aliphatic carbocycles. The van der Waals surface area contributed by atoms with Crippen LogP contribution in [0.5, 0.6) is 0 Å². The number of hydrogen-bond donors (Lipinski definition) is 2. The number of aromatic nitrogens is 2. The van der Waals surface area contributed by atoms with Gasteiger partial charge in [0.1, 0.15) is 5.82 Å². The van der Waals surface area contributed by atoms with E-state index in [9.17, 15) is 9.18 Å². The number of H-pyrrole nitrogens is 1. The number of aromatic amines is 1. The molecule has 4 nitrogen and oxygen atoms in total. The number of nitrogens with zero attached hydrogens (tertiary/aromatic N) is 1. The van der Waals surface area contributed by atoms with Gasteiger partial charge in [-0.3, -0.25) is 9.78 Å². The predicted octanol–water partition coefficient (Wildman–Crippen LogP) is 1.72. The zero-order valence-corrected chi connectivity index (χ0v) is 11.3. The Morgan fingerprint density at radius 2 is 2.22 bits per heavy atom. The molecule has 0 spiro atoms. The molecule has 1 saturated heterocycles. The number of pyridine rings is 2. The van der Waals surface area contributed by atoms with Crippen molar-refractivity contribution in [1.82, 2.24) is 15.3 Å². The predicted molar refractivity (Wildman–Crippen MR) is 72.9 cm³/mol. The van der Waals surface area contributed by atoms with E-state index >= 15 is 0 Å². The second-order valence-corrected chi connectivity index (χ2v) is 4.33. The Hall–Kier alpha value is -1.27. The van der Waals surface area contributed by atoms with Crippen LogP contribution in [0.2, 0.25) is 0 Å². The first kappa shape index (κ1) is 13.2. The number of fused-ring (bicyclic) bond motifs is 1. The lowest BCUT2D eigenvalue weighted by atomic mass is 10.0.